The quantitative estimate of drug-likeness (QED) is 0.231. The van der Waals surface area contributed by atoms with Gasteiger partial charge in [0.25, 0.3) is 0 Å². The fourth-order valence-corrected chi connectivity index (χ4v) is 5.90. The van der Waals surface area contributed by atoms with Crippen molar-refractivity contribution < 1.29 is 0 Å². The average Bonchev–Trinajstić information content (AvgIpc) is 3.58. The van der Waals surface area contributed by atoms with Gasteiger partial charge >= 0.3 is 0 Å². The number of hydrogen-bond donors (Lipinski definition) is 0. The molecule has 0 aliphatic rings. The van der Waals surface area contributed by atoms with Crippen molar-refractivity contribution in [3.8, 4) is 39.3 Å². The maximum atomic E-state index is 5.13. The fourth-order valence-electron chi connectivity index (χ4n) is 5.90. The van der Waals surface area contributed by atoms with Crippen LogP contribution in [-0.4, -0.2) is 14.0 Å². The number of rotatable bonds is 4. The number of nitrogens with zero attached hydrogens (tertiary/aromatic N) is 3. The number of pyridine rings is 1. The smallest absolute Gasteiger partial charge is 0.138 e. The van der Waals surface area contributed by atoms with E-state index in [1.807, 2.05) is 6.07 Å². The van der Waals surface area contributed by atoms with E-state index in [0.717, 1.165) is 45.0 Å². The highest BCUT2D eigenvalue weighted by Gasteiger charge is 2.17. The molecule has 0 amide bonds. The summed E-state index contributed by atoms with van der Waals surface area (Å²) in [5.41, 5.74) is 11.2. The fraction of sp³-hybridized carbons (Fsp3) is 0. The molecule has 0 spiro atoms. The van der Waals surface area contributed by atoms with Crippen LogP contribution >= 0.6 is 0 Å². The molecule has 0 radical (unpaired) electrons. The molecular formula is C37H25N3. The number of para-hydroxylation sites is 2. The van der Waals surface area contributed by atoms with Gasteiger partial charge in [0.05, 0.1) is 22.4 Å². The van der Waals surface area contributed by atoms with E-state index >= 15 is 0 Å². The maximum absolute atomic E-state index is 5.13. The van der Waals surface area contributed by atoms with E-state index in [9.17, 15) is 0 Å². The Balaban J connectivity index is 1.24. The highest BCUT2D eigenvalue weighted by Crippen LogP contribution is 2.35. The molecule has 3 aromatic heterocycles. The van der Waals surface area contributed by atoms with Crippen molar-refractivity contribution >= 4 is 27.5 Å². The molecule has 3 heterocycles. The zero-order valence-electron chi connectivity index (χ0n) is 21.8. The van der Waals surface area contributed by atoms with Gasteiger partial charge in [0.2, 0.25) is 0 Å². The third-order valence-corrected chi connectivity index (χ3v) is 7.76. The van der Waals surface area contributed by atoms with Gasteiger partial charge in [0, 0.05) is 33.8 Å². The Morgan fingerprint density at radius 1 is 0.450 bits per heavy atom. The number of hydrogen-bond acceptors (Lipinski definition) is 1. The molecule has 8 rings (SSSR count). The van der Waals surface area contributed by atoms with E-state index < -0.39 is 0 Å². The van der Waals surface area contributed by atoms with Crippen LogP contribution in [0.3, 0.4) is 0 Å². The molecule has 0 unspecified atom stereocenters. The zero-order valence-corrected chi connectivity index (χ0v) is 21.8. The van der Waals surface area contributed by atoms with Crippen molar-refractivity contribution in [1.29, 1.82) is 0 Å². The molecule has 0 fully saturated rings. The van der Waals surface area contributed by atoms with Crippen LogP contribution in [0.4, 0.5) is 0 Å². The molecule has 40 heavy (non-hydrogen) atoms. The zero-order chi connectivity index (χ0) is 26.5. The number of aromatic nitrogens is 3. The summed E-state index contributed by atoms with van der Waals surface area (Å²) in [6.45, 7) is 0. The largest absolute Gasteiger partial charge is 0.309 e. The molecular weight excluding hydrogens is 486 g/mol. The lowest BCUT2D eigenvalue weighted by molar-refractivity contribution is 1.18. The van der Waals surface area contributed by atoms with Gasteiger partial charge in [-0.15, -0.1) is 0 Å². The standard InChI is InChI=1S/C37H25N3/c1-3-11-27(12-4-1)36-37(28-13-5-2-6-14-28)39-24-23-29(25-35(39)38-36)26-19-21-30(22-20-26)40-33-17-9-7-15-31(33)32-16-8-10-18-34(32)40/h1-25H. The van der Waals surface area contributed by atoms with E-state index in [1.54, 1.807) is 0 Å². The van der Waals surface area contributed by atoms with Crippen LogP contribution in [0.5, 0.6) is 0 Å². The summed E-state index contributed by atoms with van der Waals surface area (Å²) in [6, 6.07) is 51.4. The molecule has 3 nitrogen and oxygen atoms in total. The summed E-state index contributed by atoms with van der Waals surface area (Å²) in [4.78, 5) is 5.13. The Morgan fingerprint density at radius 3 is 1.68 bits per heavy atom. The van der Waals surface area contributed by atoms with Gasteiger partial charge in [0.15, 0.2) is 0 Å². The average molecular weight is 512 g/mol. The molecule has 5 aromatic carbocycles. The SMILES string of the molecule is c1ccc(-c2nc3cc(-c4ccc(-n5c6ccccc6c6ccccc65)cc4)ccn3c2-c2ccccc2)cc1. The highest BCUT2D eigenvalue weighted by atomic mass is 15.0. The first-order valence-corrected chi connectivity index (χ1v) is 13.6. The molecule has 8 aromatic rings. The summed E-state index contributed by atoms with van der Waals surface area (Å²) in [7, 11) is 0. The van der Waals surface area contributed by atoms with Crippen molar-refractivity contribution in [2.24, 2.45) is 0 Å². The predicted molar refractivity (Wildman–Crippen MR) is 166 cm³/mol. The van der Waals surface area contributed by atoms with Gasteiger partial charge in [-0.3, -0.25) is 4.40 Å². The first-order chi connectivity index (χ1) is 19.8. The minimum absolute atomic E-state index is 0.932. The second-order valence-corrected chi connectivity index (χ2v) is 10.1. The van der Waals surface area contributed by atoms with Crippen LogP contribution in [0.25, 0.3) is 66.8 Å². The minimum Gasteiger partial charge on any atom is -0.309 e. The van der Waals surface area contributed by atoms with Crippen molar-refractivity contribution in [3.05, 3.63) is 152 Å². The van der Waals surface area contributed by atoms with Crippen LogP contribution in [-0.2, 0) is 0 Å². The lowest BCUT2D eigenvalue weighted by Crippen LogP contribution is -1.94. The summed E-state index contributed by atoms with van der Waals surface area (Å²) < 4.78 is 4.55. The van der Waals surface area contributed by atoms with Gasteiger partial charge in [0.1, 0.15) is 5.65 Å². The third kappa shape index (κ3) is 3.56. The van der Waals surface area contributed by atoms with E-state index in [1.165, 1.54) is 21.8 Å². The molecule has 0 atom stereocenters. The van der Waals surface area contributed by atoms with Crippen LogP contribution in [0, 0.1) is 0 Å². The molecule has 0 N–H and O–H groups in total. The third-order valence-electron chi connectivity index (χ3n) is 7.76. The minimum atomic E-state index is 0.932. The Labute approximate surface area is 232 Å². The van der Waals surface area contributed by atoms with E-state index in [0.29, 0.717) is 0 Å². The van der Waals surface area contributed by atoms with Crippen LogP contribution in [0.2, 0.25) is 0 Å². The Kier molecular flexibility index (Phi) is 5.14. The van der Waals surface area contributed by atoms with Crippen LogP contribution in [0.15, 0.2) is 152 Å². The van der Waals surface area contributed by atoms with E-state index in [2.05, 4.69) is 155 Å². The summed E-state index contributed by atoms with van der Waals surface area (Å²) >= 11 is 0. The van der Waals surface area contributed by atoms with Gasteiger partial charge in [-0.2, -0.15) is 0 Å². The van der Waals surface area contributed by atoms with Gasteiger partial charge in [-0.05, 0) is 47.5 Å². The van der Waals surface area contributed by atoms with Crippen molar-refractivity contribution in [2.75, 3.05) is 0 Å². The molecule has 3 heteroatoms. The Hall–Kier alpha value is -5.41. The Morgan fingerprint density at radius 2 is 1.02 bits per heavy atom. The van der Waals surface area contributed by atoms with Crippen LogP contribution in [0.1, 0.15) is 0 Å². The first-order valence-electron chi connectivity index (χ1n) is 13.6. The lowest BCUT2D eigenvalue weighted by atomic mass is 10.0. The first kappa shape index (κ1) is 22.6. The maximum Gasteiger partial charge on any atom is 0.138 e. The van der Waals surface area contributed by atoms with Gasteiger partial charge in [-0.1, -0.05) is 109 Å². The topological polar surface area (TPSA) is 22.2 Å². The summed E-state index contributed by atoms with van der Waals surface area (Å²) in [5.74, 6) is 0. The number of imidazole rings is 1. The molecule has 0 aliphatic carbocycles. The van der Waals surface area contributed by atoms with Crippen molar-refractivity contribution in [2.45, 2.75) is 0 Å². The van der Waals surface area contributed by atoms with Gasteiger partial charge in [-0.25, -0.2) is 4.98 Å². The lowest BCUT2D eigenvalue weighted by Gasteiger charge is -2.10. The van der Waals surface area contributed by atoms with Crippen molar-refractivity contribution in [1.82, 2.24) is 14.0 Å². The Bertz CT molecular complexity index is 2080. The summed E-state index contributed by atoms with van der Waals surface area (Å²) in [6.07, 6.45) is 2.15. The molecule has 0 saturated heterocycles. The normalized spacial score (nSPS) is 11.5. The second kappa shape index (κ2) is 9.11. The second-order valence-electron chi connectivity index (χ2n) is 10.1. The number of fused-ring (bicyclic) bond motifs is 4. The van der Waals surface area contributed by atoms with E-state index in [4.69, 9.17) is 4.98 Å². The number of benzene rings is 5. The van der Waals surface area contributed by atoms with E-state index in [-0.39, 0.29) is 0 Å². The van der Waals surface area contributed by atoms with Gasteiger partial charge < -0.3 is 4.57 Å². The molecule has 188 valence electrons. The monoisotopic (exact) mass is 511 g/mol. The van der Waals surface area contributed by atoms with Crippen LogP contribution < -0.4 is 0 Å². The molecule has 0 aliphatic heterocycles. The summed E-state index contributed by atoms with van der Waals surface area (Å²) in [5, 5.41) is 2.55. The molecule has 0 saturated carbocycles. The van der Waals surface area contributed by atoms with Crippen molar-refractivity contribution in [3.63, 3.8) is 0 Å². The highest BCUT2D eigenvalue weighted by molar-refractivity contribution is 6.09. The molecule has 0 bridgehead atoms. The predicted octanol–water partition coefficient (Wildman–Crippen LogP) is 9.43.